The fourth-order valence-corrected chi connectivity index (χ4v) is 5.00. The van der Waals surface area contributed by atoms with Crippen molar-refractivity contribution >= 4 is 29.2 Å². The lowest BCUT2D eigenvalue weighted by atomic mass is 9.97. The molecule has 3 rings (SSSR count). The van der Waals surface area contributed by atoms with Crippen LogP contribution >= 0.6 is 23.5 Å². The summed E-state index contributed by atoms with van der Waals surface area (Å²) >= 11 is 3.40. The van der Waals surface area contributed by atoms with E-state index < -0.39 is 13.4 Å². The highest BCUT2D eigenvalue weighted by Crippen LogP contribution is 2.64. The van der Waals surface area contributed by atoms with E-state index in [0.29, 0.717) is 13.2 Å². The van der Waals surface area contributed by atoms with Crippen LogP contribution in [-0.4, -0.2) is 18.3 Å². The number of rotatable bonds is 4. The first-order valence-electron chi connectivity index (χ1n) is 7.97. The summed E-state index contributed by atoms with van der Waals surface area (Å²) in [6, 6.07) is 14.1. The van der Waals surface area contributed by atoms with Gasteiger partial charge in [-0.15, -0.1) is 0 Å². The Hall–Kier alpha value is -1.33. The summed E-state index contributed by atoms with van der Waals surface area (Å²) in [6.07, 6.45) is 0. The van der Waals surface area contributed by atoms with E-state index in [2.05, 4.69) is 21.2 Å². The van der Waals surface area contributed by atoms with Crippen molar-refractivity contribution in [2.45, 2.75) is 19.6 Å². The van der Waals surface area contributed by atoms with E-state index in [1.807, 2.05) is 38.1 Å². The third kappa shape index (κ3) is 4.45. The molecular formula is C18H21BrNO4P. The van der Waals surface area contributed by atoms with Crippen LogP contribution in [0.5, 0.6) is 5.75 Å². The molecule has 7 heteroatoms. The van der Waals surface area contributed by atoms with Gasteiger partial charge in [0.2, 0.25) is 0 Å². The van der Waals surface area contributed by atoms with Crippen LogP contribution in [-0.2, 0) is 13.6 Å². The van der Waals surface area contributed by atoms with Gasteiger partial charge in [0.05, 0.1) is 13.2 Å². The van der Waals surface area contributed by atoms with Gasteiger partial charge in [0, 0.05) is 15.6 Å². The summed E-state index contributed by atoms with van der Waals surface area (Å²) in [5.41, 5.74) is 1.35. The fourth-order valence-electron chi connectivity index (χ4n) is 2.46. The number of aromatic hydroxyl groups is 1. The predicted molar refractivity (Wildman–Crippen MR) is 102 cm³/mol. The van der Waals surface area contributed by atoms with Gasteiger partial charge in [0.15, 0.2) is 5.78 Å². The molecule has 0 spiro atoms. The number of hydrogen-bond acceptors (Lipinski definition) is 5. The molecule has 1 aliphatic rings. The largest absolute Gasteiger partial charge is 0.508 e. The second kappa shape index (κ2) is 7.12. The summed E-state index contributed by atoms with van der Waals surface area (Å²) < 4.78 is 25.8. The third-order valence-electron chi connectivity index (χ3n) is 3.94. The number of phenolic OH excluding ortho intramolecular Hbond substituents is 1. The summed E-state index contributed by atoms with van der Waals surface area (Å²) in [4.78, 5) is 0. The number of nitrogens with one attached hydrogen (secondary N) is 1. The number of benzene rings is 2. The maximum atomic E-state index is 13.4. The van der Waals surface area contributed by atoms with Gasteiger partial charge >= 0.3 is 7.60 Å². The minimum Gasteiger partial charge on any atom is -0.508 e. The minimum atomic E-state index is -3.42. The van der Waals surface area contributed by atoms with Crippen molar-refractivity contribution in [3.8, 4) is 5.75 Å². The molecule has 1 fully saturated rings. The number of phenols is 1. The quantitative estimate of drug-likeness (QED) is 0.630. The maximum Gasteiger partial charge on any atom is 0.357 e. The lowest BCUT2D eigenvalue weighted by Gasteiger charge is -2.38. The summed E-state index contributed by atoms with van der Waals surface area (Å²) in [7, 11) is -3.42. The number of hydrogen-bond donors (Lipinski definition) is 2. The van der Waals surface area contributed by atoms with Crippen molar-refractivity contribution in [1.29, 1.82) is 0 Å². The molecule has 134 valence electrons. The van der Waals surface area contributed by atoms with Crippen molar-refractivity contribution in [2.75, 3.05) is 18.5 Å². The molecule has 0 bridgehead atoms. The van der Waals surface area contributed by atoms with Crippen molar-refractivity contribution in [3.05, 3.63) is 58.6 Å². The lowest BCUT2D eigenvalue weighted by molar-refractivity contribution is 0.0387. The van der Waals surface area contributed by atoms with Crippen molar-refractivity contribution in [2.24, 2.45) is 5.41 Å². The molecule has 2 aromatic carbocycles. The second-order valence-corrected chi connectivity index (χ2v) is 9.92. The van der Waals surface area contributed by atoms with E-state index in [9.17, 15) is 9.67 Å². The van der Waals surface area contributed by atoms with Crippen LogP contribution in [0.25, 0.3) is 0 Å². The topological polar surface area (TPSA) is 67.8 Å². The molecule has 0 aliphatic carbocycles. The normalized spacial score (nSPS) is 20.0. The van der Waals surface area contributed by atoms with Crippen LogP contribution in [0.4, 0.5) is 5.69 Å². The van der Waals surface area contributed by atoms with E-state index in [-0.39, 0.29) is 11.2 Å². The SMILES string of the molecule is CC1(C)COP(=O)([C@H](Nc2ccc(Br)cc2)c2ccc(O)cc2)OC1. The van der Waals surface area contributed by atoms with Crippen LogP contribution < -0.4 is 5.32 Å². The van der Waals surface area contributed by atoms with Gasteiger partial charge in [-0.3, -0.25) is 4.57 Å². The van der Waals surface area contributed by atoms with E-state index in [1.165, 1.54) is 0 Å². The van der Waals surface area contributed by atoms with Crippen molar-refractivity contribution in [1.82, 2.24) is 0 Å². The molecule has 0 saturated carbocycles. The second-order valence-electron chi connectivity index (χ2n) is 6.90. The molecule has 0 amide bonds. The van der Waals surface area contributed by atoms with Crippen LogP contribution in [0.2, 0.25) is 0 Å². The Balaban J connectivity index is 1.92. The summed E-state index contributed by atoms with van der Waals surface area (Å²) in [6.45, 7) is 4.74. The van der Waals surface area contributed by atoms with Crippen LogP contribution in [0, 0.1) is 5.41 Å². The Morgan fingerprint density at radius 1 is 1.08 bits per heavy atom. The smallest absolute Gasteiger partial charge is 0.357 e. The average molecular weight is 426 g/mol. The predicted octanol–water partition coefficient (Wildman–Crippen LogP) is 5.53. The molecule has 2 aromatic rings. The zero-order valence-electron chi connectivity index (χ0n) is 14.1. The van der Waals surface area contributed by atoms with Gasteiger partial charge in [-0.05, 0) is 42.0 Å². The zero-order valence-corrected chi connectivity index (χ0v) is 16.6. The fraction of sp³-hybridized carbons (Fsp3) is 0.333. The Kier molecular flexibility index (Phi) is 5.26. The minimum absolute atomic E-state index is 0.149. The van der Waals surface area contributed by atoms with E-state index in [4.69, 9.17) is 9.05 Å². The molecule has 1 saturated heterocycles. The highest BCUT2D eigenvalue weighted by Gasteiger charge is 2.43. The Bertz CT molecular complexity index is 763. The van der Waals surface area contributed by atoms with Gasteiger partial charge < -0.3 is 19.5 Å². The molecule has 5 nitrogen and oxygen atoms in total. The Labute approximate surface area is 156 Å². The monoisotopic (exact) mass is 425 g/mol. The maximum absolute atomic E-state index is 13.4. The first kappa shape index (κ1) is 18.5. The molecule has 1 atom stereocenters. The first-order chi connectivity index (χ1) is 11.8. The van der Waals surface area contributed by atoms with Crippen molar-refractivity contribution in [3.63, 3.8) is 0 Å². The van der Waals surface area contributed by atoms with Gasteiger partial charge in [0.1, 0.15) is 5.75 Å². The highest BCUT2D eigenvalue weighted by atomic mass is 79.9. The highest BCUT2D eigenvalue weighted by molar-refractivity contribution is 9.10. The standard InChI is InChI=1S/C18H21BrNO4P/c1-18(2)11-23-25(22,24-12-18)17(13-3-9-16(21)10-4-13)20-15-7-5-14(19)6-8-15/h3-10,17,20-21H,11-12H2,1-2H3/t17-/m0/s1. The first-order valence-corrected chi connectivity index (χ1v) is 10.4. The molecule has 1 aliphatic heterocycles. The number of anilines is 1. The molecule has 2 N–H and O–H groups in total. The average Bonchev–Trinajstić information content (AvgIpc) is 2.58. The van der Waals surface area contributed by atoms with Gasteiger partial charge in [-0.1, -0.05) is 41.9 Å². The zero-order chi connectivity index (χ0) is 18.1. The Morgan fingerprint density at radius 3 is 2.20 bits per heavy atom. The summed E-state index contributed by atoms with van der Waals surface area (Å²) in [5.74, 6) is -0.513. The van der Waals surface area contributed by atoms with Crippen LogP contribution in [0.3, 0.4) is 0 Å². The third-order valence-corrected chi connectivity index (χ3v) is 6.51. The van der Waals surface area contributed by atoms with Gasteiger partial charge in [-0.25, -0.2) is 0 Å². The summed E-state index contributed by atoms with van der Waals surface area (Å²) in [5, 5.41) is 12.8. The van der Waals surface area contributed by atoms with Crippen LogP contribution in [0.15, 0.2) is 53.0 Å². The molecular weight excluding hydrogens is 405 g/mol. The van der Waals surface area contributed by atoms with Crippen LogP contribution in [0.1, 0.15) is 25.2 Å². The molecule has 1 heterocycles. The molecule has 0 radical (unpaired) electrons. The van der Waals surface area contributed by atoms with E-state index in [0.717, 1.165) is 15.7 Å². The van der Waals surface area contributed by atoms with Gasteiger partial charge in [-0.2, -0.15) is 0 Å². The van der Waals surface area contributed by atoms with Gasteiger partial charge in [0.25, 0.3) is 0 Å². The molecule has 25 heavy (non-hydrogen) atoms. The Morgan fingerprint density at radius 2 is 1.64 bits per heavy atom. The van der Waals surface area contributed by atoms with E-state index in [1.54, 1.807) is 24.3 Å². The lowest BCUT2D eigenvalue weighted by Crippen LogP contribution is -2.31. The molecule has 0 aromatic heterocycles. The number of halogens is 1. The van der Waals surface area contributed by atoms with E-state index >= 15 is 0 Å². The van der Waals surface area contributed by atoms with Crippen molar-refractivity contribution < 1.29 is 18.7 Å². The molecule has 0 unspecified atom stereocenters.